The van der Waals surface area contributed by atoms with Crippen LogP contribution in [0, 0.1) is 0 Å². The smallest absolute Gasteiger partial charge is 0.250 e. The molecule has 0 fully saturated rings. The summed E-state index contributed by atoms with van der Waals surface area (Å²) >= 11 is 0. The van der Waals surface area contributed by atoms with Gasteiger partial charge in [-0.15, -0.1) is 12.4 Å². The Balaban J connectivity index is 0.00000267. The van der Waals surface area contributed by atoms with Crippen LogP contribution in [0.4, 0.5) is 11.4 Å². The molecule has 0 spiro atoms. The van der Waals surface area contributed by atoms with E-state index in [0.717, 1.165) is 55.2 Å². The molecule has 2 atom stereocenters. The molecule has 0 saturated carbocycles. The number of halogens is 1. The summed E-state index contributed by atoms with van der Waals surface area (Å²) < 4.78 is 11.5. The van der Waals surface area contributed by atoms with Crippen LogP contribution in [0.5, 0.6) is 5.75 Å². The second kappa shape index (κ2) is 16.9. The van der Waals surface area contributed by atoms with E-state index < -0.39 is 12.1 Å². The maximum Gasteiger partial charge on any atom is 0.250 e. The predicted molar refractivity (Wildman–Crippen MR) is 165 cm³/mol. The van der Waals surface area contributed by atoms with Gasteiger partial charge in [0.05, 0.1) is 24.9 Å². The van der Waals surface area contributed by atoms with E-state index in [9.17, 15) is 9.90 Å². The highest BCUT2D eigenvalue weighted by Crippen LogP contribution is 2.30. The van der Waals surface area contributed by atoms with E-state index in [4.69, 9.17) is 9.47 Å². The van der Waals surface area contributed by atoms with E-state index in [1.54, 1.807) is 0 Å². The molecule has 1 amide bonds. The van der Waals surface area contributed by atoms with Crippen molar-refractivity contribution in [3.05, 3.63) is 90.0 Å². The lowest BCUT2D eigenvalue weighted by molar-refractivity contribution is -0.133. The van der Waals surface area contributed by atoms with Gasteiger partial charge >= 0.3 is 0 Å². The summed E-state index contributed by atoms with van der Waals surface area (Å²) in [5, 5.41) is 16.2. The van der Waals surface area contributed by atoms with Crippen molar-refractivity contribution in [1.29, 1.82) is 0 Å². The molecule has 3 aromatic rings. The third-order valence-electron chi connectivity index (χ3n) is 6.49. The summed E-state index contributed by atoms with van der Waals surface area (Å²) in [5.41, 5.74) is 4.10. The molecule has 1 aliphatic heterocycles. The number of nitrogens with one attached hydrogen (secondary N) is 2. The van der Waals surface area contributed by atoms with Crippen molar-refractivity contribution in [2.75, 3.05) is 49.7 Å². The second-order valence-corrected chi connectivity index (χ2v) is 9.08. The molecule has 1 aliphatic rings. The normalized spacial score (nSPS) is 13.5. The highest BCUT2D eigenvalue weighted by molar-refractivity contribution is 7.59. The van der Waals surface area contributed by atoms with Gasteiger partial charge in [0.25, 0.3) is 0 Å². The number of nitrogens with zero attached hydrogens (tertiary/aromatic N) is 1. The Morgan fingerprint density at radius 2 is 1.77 bits per heavy atom. The lowest BCUT2D eigenvalue weighted by atomic mass is 10.0. The third kappa shape index (κ3) is 9.35. The number of aliphatic hydroxyl groups is 1. The van der Waals surface area contributed by atoms with Gasteiger partial charge in [-0.3, -0.25) is 4.79 Å². The molecule has 3 N–H and O–H groups in total. The van der Waals surface area contributed by atoms with Crippen LogP contribution in [0.2, 0.25) is 0 Å². The average molecular weight is 574 g/mol. The predicted octanol–water partition coefficient (Wildman–Crippen LogP) is 4.72. The van der Waals surface area contributed by atoms with Gasteiger partial charge in [-0.05, 0) is 48.7 Å². The second-order valence-electron chi connectivity index (χ2n) is 9.08. The molecule has 1 heterocycles. The number of benzene rings is 3. The summed E-state index contributed by atoms with van der Waals surface area (Å²) in [6.45, 7) is 5.60. The molecule has 0 aliphatic carbocycles. The van der Waals surface area contributed by atoms with Gasteiger partial charge in [0.1, 0.15) is 18.5 Å². The summed E-state index contributed by atoms with van der Waals surface area (Å²) in [6.07, 6.45) is 0.845. The van der Waals surface area contributed by atoms with Gasteiger partial charge in [-0.25, -0.2) is 0 Å². The molecule has 0 unspecified atom stereocenters. The highest BCUT2D eigenvalue weighted by atomic mass is 35.5. The topological polar surface area (TPSA) is 83.1 Å². The van der Waals surface area contributed by atoms with Crippen molar-refractivity contribution in [2.45, 2.75) is 31.9 Å². The Morgan fingerprint density at radius 1 is 1.05 bits per heavy atom. The maximum absolute atomic E-state index is 13.0. The first-order valence-corrected chi connectivity index (χ1v) is 13.0. The molecular formula is C30H40ClN3O4S. The lowest BCUT2D eigenvalue weighted by Crippen LogP contribution is -2.41. The minimum absolute atomic E-state index is 0. The largest absolute Gasteiger partial charge is 0.490 e. The fourth-order valence-corrected chi connectivity index (χ4v) is 4.55. The number of carbonyl (C=O) groups excluding carboxylic acids is 1. The molecule has 0 radical (unpaired) electrons. The lowest BCUT2D eigenvalue weighted by Gasteiger charge is -2.31. The van der Waals surface area contributed by atoms with Gasteiger partial charge < -0.3 is 30.1 Å². The number of hydrogen-bond acceptors (Lipinski definition) is 6. The van der Waals surface area contributed by atoms with Gasteiger partial charge in [0.2, 0.25) is 5.91 Å². The first-order chi connectivity index (χ1) is 18.2. The first kappa shape index (κ1) is 32.3. The number of hydrogen-bond donors (Lipinski definition) is 3. The molecule has 9 heteroatoms. The van der Waals surface area contributed by atoms with Crippen LogP contribution in [-0.2, 0) is 16.0 Å². The molecular weight excluding hydrogens is 534 g/mol. The summed E-state index contributed by atoms with van der Waals surface area (Å²) in [7, 11) is 0. The van der Waals surface area contributed by atoms with E-state index in [-0.39, 0.29) is 38.4 Å². The summed E-state index contributed by atoms with van der Waals surface area (Å²) in [4.78, 5) is 15.3. The molecule has 212 valence electrons. The Morgan fingerprint density at radius 3 is 2.49 bits per heavy atom. The molecule has 0 aromatic heterocycles. The van der Waals surface area contributed by atoms with Crippen molar-refractivity contribution in [3.8, 4) is 5.75 Å². The Bertz CT molecular complexity index is 1120. The van der Waals surface area contributed by atoms with Gasteiger partial charge in [0, 0.05) is 31.8 Å². The number of para-hydroxylation sites is 2. The fraction of sp³-hybridized carbons (Fsp3) is 0.367. The van der Waals surface area contributed by atoms with E-state index in [2.05, 4.69) is 21.6 Å². The molecule has 7 nitrogen and oxygen atoms in total. The monoisotopic (exact) mass is 573 g/mol. The van der Waals surface area contributed by atoms with E-state index in [1.165, 1.54) is 5.69 Å². The van der Waals surface area contributed by atoms with Crippen molar-refractivity contribution < 1.29 is 19.4 Å². The van der Waals surface area contributed by atoms with E-state index >= 15 is 0 Å². The van der Waals surface area contributed by atoms with Crippen LogP contribution >= 0.6 is 25.9 Å². The van der Waals surface area contributed by atoms with Crippen LogP contribution in [-0.4, -0.2) is 56.6 Å². The number of amides is 1. The Hall–Kier alpha value is -2.91. The summed E-state index contributed by atoms with van der Waals surface area (Å²) in [6, 6.07) is 25.3. The summed E-state index contributed by atoms with van der Waals surface area (Å²) in [5.74, 6) is 0.736. The Labute approximate surface area is 244 Å². The molecule has 0 saturated heterocycles. The standard InChI is InChI=1S/C30H37N3O4.ClH.H2S/c1-2-36-29(30(35)32-26(22-34)24-9-4-3-5-10-24)21-23-13-15-25(16-14-23)31-17-8-18-33-19-20-37-28-12-7-6-11-27(28)33;;/h3-7,9-16,26,29,31,34H,2,8,17-22H2,1H3,(H,32,35);1H;1H2/t26-,29-;;/m0../s1. The molecule has 39 heavy (non-hydrogen) atoms. The quantitative estimate of drug-likeness (QED) is 0.257. The fourth-order valence-electron chi connectivity index (χ4n) is 4.55. The van der Waals surface area contributed by atoms with Crippen LogP contribution in [0.15, 0.2) is 78.9 Å². The zero-order valence-electron chi connectivity index (χ0n) is 22.3. The highest BCUT2D eigenvalue weighted by Gasteiger charge is 2.23. The average Bonchev–Trinajstić information content (AvgIpc) is 2.95. The minimum Gasteiger partial charge on any atom is -0.490 e. The van der Waals surface area contributed by atoms with Crippen LogP contribution in [0.1, 0.15) is 30.5 Å². The number of rotatable bonds is 13. The van der Waals surface area contributed by atoms with Crippen LogP contribution in [0.25, 0.3) is 0 Å². The van der Waals surface area contributed by atoms with E-state index in [0.29, 0.717) is 13.0 Å². The maximum atomic E-state index is 13.0. The molecule has 3 aromatic carbocycles. The van der Waals surface area contributed by atoms with Crippen molar-refractivity contribution >= 4 is 43.2 Å². The van der Waals surface area contributed by atoms with Gasteiger partial charge in [-0.2, -0.15) is 13.5 Å². The zero-order chi connectivity index (χ0) is 25.9. The van der Waals surface area contributed by atoms with Crippen molar-refractivity contribution in [1.82, 2.24) is 5.32 Å². The molecule has 0 bridgehead atoms. The number of anilines is 2. The minimum atomic E-state index is -0.627. The zero-order valence-corrected chi connectivity index (χ0v) is 24.2. The SMILES string of the molecule is CCO[C@@H](Cc1ccc(NCCCN2CCOc3ccccc32)cc1)C(=O)N[C@@H](CO)c1ccccc1.Cl.S. The van der Waals surface area contributed by atoms with Gasteiger partial charge in [-0.1, -0.05) is 54.6 Å². The third-order valence-corrected chi connectivity index (χ3v) is 6.49. The molecule has 4 rings (SSSR count). The number of carbonyl (C=O) groups is 1. The number of fused-ring (bicyclic) bond motifs is 1. The van der Waals surface area contributed by atoms with Gasteiger partial charge in [0.15, 0.2) is 0 Å². The number of ether oxygens (including phenoxy) is 2. The van der Waals surface area contributed by atoms with Crippen LogP contribution < -0.4 is 20.3 Å². The van der Waals surface area contributed by atoms with Crippen molar-refractivity contribution in [3.63, 3.8) is 0 Å². The van der Waals surface area contributed by atoms with Crippen molar-refractivity contribution in [2.24, 2.45) is 0 Å². The van der Waals surface area contributed by atoms with Crippen LogP contribution in [0.3, 0.4) is 0 Å². The Kier molecular flexibility index (Phi) is 14.0. The number of aliphatic hydroxyl groups excluding tert-OH is 1. The first-order valence-electron chi connectivity index (χ1n) is 13.0. The van der Waals surface area contributed by atoms with E-state index in [1.807, 2.05) is 79.7 Å².